The van der Waals surface area contributed by atoms with Crippen molar-refractivity contribution in [3.05, 3.63) is 0 Å². The van der Waals surface area contributed by atoms with Gasteiger partial charge in [-0.05, 0) is 0 Å². The maximum absolute atomic E-state index is 5.17. The maximum Gasteiger partial charge on any atom is 0.0656 e. The van der Waals surface area contributed by atoms with Gasteiger partial charge in [-0.3, -0.25) is 0 Å². The Morgan fingerprint density at radius 3 is 1.43 bits per heavy atom. The van der Waals surface area contributed by atoms with E-state index >= 15 is 0 Å². The van der Waals surface area contributed by atoms with Crippen molar-refractivity contribution >= 4 is 32.7 Å². The highest BCUT2D eigenvalue weighted by molar-refractivity contribution is 6.08. The third-order valence-electron chi connectivity index (χ3n) is 0.471. The summed E-state index contributed by atoms with van der Waals surface area (Å²) in [5.74, 6) is 0.662. The SMILES string of the molecule is Cl.Cl.[B]CC(C)C. The van der Waals surface area contributed by atoms with Crippen molar-refractivity contribution in [3.8, 4) is 0 Å². The molecule has 0 saturated heterocycles. The fraction of sp³-hybridized carbons (Fsp3) is 1.00. The molecule has 0 aromatic carbocycles. The molecule has 0 nitrogen and oxygen atoms in total. The number of hydrogen-bond donors (Lipinski definition) is 0. The highest BCUT2D eigenvalue weighted by atomic mass is 35.5. The second-order valence-corrected chi connectivity index (χ2v) is 1.63. The van der Waals surface area contributed by atoms with Gasteiger partial charge in [0, 0.05) is 0 Å². The Kier molecular flexibility index (Phi) is 21.9. The standard InChI is InChI=1S/C4H9B.2ClH/c1-4(2)3-5;;/h4H,3H2,1-2H3;2*1H. The van der Waals surface area contributed by atoms with E-state index in [1.165, 1.54) is 0 Å². The Morgan fingerprint density at radius 1 is 1.29 bits per heavy atom. The van der Waals surface area contributed by atoms with Gasteiger partial charge in [0.25, 0.3) is 0 Å². The average molecular weight is 141 g/mol. The summed E-state index contributed by atoms with van der Waals surface area (Å²) < 4.78 is 0. The van der Waals surface area contributed by atoms with E-state index in [0.29, 0.717) is 5.92 Å². The molecule has 7 heavy (non-hydrogen) atoms. The fourth-order valence-electron chi connectivity index (χ4n) is 0. The minimum atomic E-state index is 0. The Hall–Kier alpha value is 0.645. The van der Waals surface area contributed by atoms with Gasteiger partial charge in [0.1, 0.15) is 0 Å². The molecule has 0 unspecified atom stereocenters. The topological polar surface area (TPSA) is 0 Å². The summed E-state index contributed by atoms with van der Waals surface area (Å²) in [6.07, 6.45) is 0.806. The molecule has 0 amide bonds. The van der Waals surface area contributed by atoms with Crippen molar-refractivity contribution in [2.45, 2.75) is 20.2 Å². The second-order valence-electron chi connectivity index (χ2n) is 1.63. The molecule has 0 aliphatic heterocycles. The van der Waals surface area contributed by atoms with Crippen LogP contribution in [-0.2, 0) is 0 Å². The predicted octanol–water partition coefficient (Wildman–Crippen LogP) is 2.07. The van der Waals surface area contributed by atoms with Gasteiger partial charge in [-0.1, -0.05) is 26.1 Å². The average Bonchev–Trinajstić information content (AvgIpc) is 1.38. The molecular weight excluding hydrogens is 130 g/mol. The van der Waals surface area contributed by atoms with E-state index in [1.54, 1.807) is 0 Å². The van der Waals surface area contributed by atoms with Crippen molar-refractivity contribution in [2.75, 3.05) is 0 Å². The lowest BCUT2D eigenvalue weighted by molar-refractivity contribution is 0.735. The predicted molar refractivity (Wildman–Crippen MR) is 39.9 cm³/mol. The monoisotopic (exact) mass is 140 g/mol. The van der Waals surface area contributed by atoms with Crippen LogP contribution in [0.15, 0.2) is 0 Å². The smallest absolute Gasteiger partial charge is 0.0656 e. The molecule has 2 radical (unpaired) electrons. The molecule has 44 valence electrons. The summed E-state index contributed by atoms with van der Waals surface area (Å²) in [6.45, 7) is 4.19. The first-order valence-electron chi connectivity index (χ1n) is 1.97. The van der Waals surface area contributed by atoms with E-state index in [1.807, 2.05) is 0 Å². The highest BCUT2D eigenvalue weighted by Gasteiger charge is 1.79. The maximum atomic E-state index is 5.17. The molecule has 0 aliphatic rings. The first-order chi connectivity index (χ1) is 2.27. The van der Waals surface area contributed by atoms with Gasteiger partial charge in [0.2, 0.25) is 0 Å². The van der Waals surface area contributed by atoms with E-state index in [-0.39, 0.29) is 24.8 Å². The van der Waals surface area contributed by atoms with Crippen molar-refractivity contribution in [3.63, 3.8) is 0 Å². The van der Waals surface area contributed by atoms with Crippen molar-refractivity contribution < 1.29 is 0 Å². The zero-order chi connectivity index (χ0) is 4.28. The van der Waals surface area contributed by atoms with Crippen LogP contribution in [-0.4, -0.2) is 7.85 Å². The van der Waals surface area contributed by atoms with Gasteiger partial charge in [-0.2, -0.15) is 0 Å². The van der Waals surface area contributed by atoms with Crippen molar-refractivity contribution in [1.29, 1.82) is 0 Å². The van der Waals surface area contributed by atoms with E-state index in [9.17, 15) is 0 Å². The normalized spacial score (nSPS) is 6.71. The second kappa shape index (κ2) is 9.81. The minimum absolute atomic E-state index is 0. The largest absolute Gasteiger partial charge is 0.147 e. The van der Waals surface area contributed by atoms with E-state index in [0.717, 1.165) is 6.32 Å². The van der Waals surface area contributed by atoms with Crippen LogP contribution in [0.5, 0.6) is 0 Å². The Balaban J connectivity index is -0.0000000800. The first-order valence-corrected chi connectivity index (χ1v) is 1.97. The van der Waals surface area contributed by atoms with Crippen LogP contribution < -0.4 is 0 Å². The van der Waals surface area contributed by atoms with Crippen LogP contribution in [0.25, 0.3) is 0 Å². The molecule has 0 aromatic heterocycles. The van der Waals surface area contributed by atoms with Gasteiger partial charge in [0.05, 0.1) is 7.85 Å². The zero-order valence-electron chi connectivity index (χ0n) is 4.68. The van der Waals surface area contributed by atoms with E-state index < -0.39 is 0 Å². The first kappa shape index (κ1) is 15.6. The van der Waals surface area contributed by atoms with Crippen LogP contribution in [0.2, 0.25) is 6.32 Å². The summed E-state index contributed by atoms with van der Waals surface area (Å²) in [7, 11) is 5.17. The van der Waals surface area contributed by atoms with Gasteiger partial charge in [-0.25, -0.2) is 0 Å². The summed E-state index contributed by atoms with van der Waals surface area (Å²) in [4.78, 5) is 0. The van der Waals surface area contributed by atoms with E-state index in [2.05, 4.69) is 13.8 Å². The van der Waals surface area contributed by atoms with Crippen LogP contribution in [0, 0.1) is 5.92 Å². The molecule has 0 atom stereocenters. The lowest BCUT2D eigenvalue weighted by atomic mass is 9.95. The fourth-order valence-corrected chi connectivity index (χ4v) is 0. The number of hydrogen-bond acceptors (Lipinski definition) is 0. The molecule has 0 saturated carbocycles. The van der Waals surface area contributed by atoms with Crippen LogP contribution in [0.4, 0.5) is 0 Å². The zero-order valence-corrected chi connectivity index (χ0v) is 6.31. The molecular formula is C4H11BCl2. The van der Waals surface area contributed by atoms with Gasteiger partial charge < -0.3 is 0 Å². The highest BCUT2D eigenvalue weighted by Crippen LogP contribution is 1.92. The number of halogens is 2. The molecule has 0 aliphatic carbocycles. The third kappa shape index (κ3) is 20.5. The minimum Gasteiger partial charge on any atom is -0.147 e. The Labute approximate surface area is 59.3 Å². The Bertz CT molecular complexity index is 23.7. The lowest BCUT2D eigenvalue weighted by Crippen LogP contribution is -1.80. The summed E-state index contributed by atoms with van der Waals surface area (Å²) in [5, 5.41) is 0. The molecule has 0 N–H and O–H groups in total. The summed E-state index contributed by atoms with van der Waals surface area (Å²) in [6, 6.07) is 0. The quantitative estimate of drug-likeness (QED) is 0.490. The van der Waals surface area contributed by atoms with Crippen LogP contribution >= 0.6 is 24.8 Å². The molecule has 0 rings (SSSR count). The molecule has 0 fully saturated rings. The van der Waals surface area contributed by atoms with Crippen LogP contribution in [0.3, 0.4) is 0 Å². The van der Waals surface area contributed by atoms with Crippen molar-refractivity contribution in [2.24, 2.45) is 5.92 Å². The Morgan fingerprint density at radius 2 is 1.43 bits per heavy atom. The molecule has 3 heteroatoms. The van der Waals surface area contributed by atoms with Crippen molar-refractivity contribution in [1.82, 2.24) is 0 Å². The molecule has 0 spiro atoms. The van der Waals surface area contributed by atoms with Gasteiger partial charge in [0.15, 0.2) is 0 Å². The van der Waals surface area contributed by atoms with E-state index in [4.69, 9.17) is 7.85 Å². The van der Waals surface area contributed by atoms with Gasteiger partial charge >= 0.3 is 0 Å². The van der Waals surface area contributed by atoms with Gasteiger partial charge in [-0.15, -0.1) is 24.8 Å². The molecule has 0 bridgehead atoms. The summed E-state index contributed by atoms with van der Waals surface area (Å²) >= 11 is 0. The molecule has 0 heterocycles. The lowest BCUT2D eigenvalue weighted by Gasteiger charge is -1.90. The van der Waals surface area contributed by atoms with Crippen LogP contribution in [0.1, 0.15) is 13.8 Å². The third-order valence-corrected chi connectivity index (χ3v) is 0.471. The molecule has 0 aromatic rings. The summed E-state index contributed by atoms with van der Waals surface area (Å²) in [5.41, 5.74) is 0. The number of rotatable bonds is 1.